The van der Waals surface area contributed by atoms with E-state index in [1.165, 1.54) is 13.0 Å². The van der Waals surface area contributed by atoms with Crippen molar-refractivity contribution in [2.75, 3.05) is 19.6 Å². The van der Waals surface area contributed by atoms with Crippen LogP contribution in [0.3, 0.4) is 0 Å². The van der Waals surface area contributed by atoms with Gasteiger partial charge in [0.05, 0.1) is 6.54 Å². The van der Waals surface area contributed by atoms with Crippen molar-refractivity contribution < 1.29 is 14.0 Å². The monoisotopic (exact) mass is 307 g/mol. The van der Waals surface area contributed by atoms with Crippen molar-refractivity contribution in [1.82, 2.24) is 15.5 Å². The molecule has 2 N–H and O–H groups in total. The summed E-state index contributed by atoms with van der Waals surface area (Å²) in [5.41, 5.74) is 0.477. The van der Waals surface area contributed by atoms with E-state index in [2.05, 4.69) is 10.6 Å². The molecule has 0 saturated carbocycles. The number of halogens is 1. The molecule has 1 saturated heterocycles. The lowest BCUT2D eigenvalue weighted by Crippen LogP contribution is -2.49. The molecule has 0 aromatic heterocycles. The summed E-state index contributed by atoms with van der Waals surface area (Å²) < 4.78 is 13.5. The maximum Gasteiger partial charge on any atom is 0.234 e. The molecule has 120 valence electrons. The summed E-state index contributed by atoms with van der Waals surface area (Å²) in [6, 6.07) is 6.50. The average Bonchev–Trinajstić information content (AvgIpc) is 2.46. The summed E-state index contributed by atoms with van der Waals surface area (Å²) in [4.78, 5) is 25.1. The third-order valence-corrected chi connectivity index (χ3v) is 3.71. The van der Waals surface area contributed by atoms with Gasteiger partial charge in [0.1, 0.15) is 5.82 Å². The number of nitrogens with one attached hydrogen (secondary N) is 2. The fraction of sp³-hybridized carbons (Fsp3) is 0.500. The van der Waals surface area contributed by atoms with Crippen LogP contribution in [-0.4, -0.2) is 42.4 Å². The largest absolute Gasteiger partial charge is 0.352 e. The zero-order valence-corrected chi connectivity index (χ0v) is 12.8. The van der Waals surface area contributed by atoms with Crippen molar-refractivity contribution in [2.24, 2.45) is 0 Å². The van der Waals surface area contributed by atoms with Crippen LogP contribution in [0.2, 0.25) is 0 Å². The number of benzene rings is 1. The van der Waals surface area contributed by atoms with Crippen LogP contribution in [0.15, 0.2) is 24.3 Å². The summed E-state index contributed by atoms with van der Waals surface area (Å²) in [7, 11) is 0. The van der Waals surface area contributed by atoms with E-state index in [9.17, 15) is 14.0 Å². The Kier molecular flexibility index (Phi) is 5.89. The minimum absolute atomic E-state index is 0.0455. The molecule has 1 aliphatic rings. The van der Waals surface area contributed by atoms with E-state index in [0.29, 0.717) is 12.1 Å². The standard InChI is InChI=1S/C16H22FN3O2/c1-12(21)19-14-6-4-8-20(10-14)11-16(22)18-9-13-5-2-3-7-15(13)17/h2-3,5,7,14H,4,6,8-11H2,1H3,(H,18,22)(H,19,21). The third kappa shape index (κ3) is 5.11. The predicted molar refractivity (Wildman–Crippen MR) is 81.5 cm³/mol. The molecule has 2 amide bonds. The van der Waals surface area contributed by atoms with Gasteiger partial charge in [0, 0.05) is 31.6 Å². The Bertz CT molecular complexity index is 536. The molecule has 1 aromatic carbocycles. The highest BCUT2D eigenvalue weighted by atomic mass is 19.1. The quantitative estimate of drug-likeness (QED) is 0.854. The van der Waals surface area contributed by atoms with Crippen molar-refractivity contribution in [2.45, 2.75) is 32.4 Å². The highest BCUT2D eigenvalue weighted by Gasteiger charge is 2.21. The lowest BCUT2D eigenvalue weighted by Gasteiger charge is -2.32. The molecule has 1 unspecified atom stereocenters. The van der Waals surface area contributed by atoms with Gasteiger partial charge in [0.25, 0.3) is 0 Å². The van der Waals surface area contributed by atoms with Gasteiger partial charge in [0.15, 0.2) is 0 Å². The Morgan fingerprint density at radius 3 is 2.86 bits per heavy atom. The Morgan fingerprint density at radius 2 is 2.14 bits per heavy atom. The highest BCUT2D eigenvalue weighted by Crippen LogP contribution is 2.10. The van der Waals surface area contributed by atoms with Crippen LogP contribution in [0.4, 0.5) is 4.39 Å². The van der Waals surface area contributed by atoms with Gasteiger partial charge >= 0.3 is 0 Å². The predicted octanol–water partition coefficient (Wildman–Crippen LogP) is 1.04. The molecule has 1 aliphatic heterocycles. The molecule has 0 radical (unpaired) electrons. The molecule has 0 spiro atoms. The zero-order valence-electron chi connectivity index (χ0n) is 12.8. The Hall–Kier alpha value is -1.95. The van der Waals surface area contributed by atoms with Gasteiger partial charge in [-0.3, -0.25) is 14.5 Å². The molecular weight excluding hydrogens is 285 g/mol. The number of rotatable bonds is 5. The number of piperidine rings is 1. The first-order valence-electron chi connectivity index (χ1n) is 7.54. The topological polar surface area (TPSA) is 61.4 Å². The second-order valence-corrected chi connectivity index (χ2v) is 5.64. The van der Waals surface area contributed by atoms with Gasteiger partial charge in [-0.2, -0.15) is 0 Å². The van der Waals surface area contributed by atoms with Crippen molar-refractivity contribution in [1.29, 1.82) is 0 Å². The maximum absolute atomic E-state index is 13.5. The van der Waals surface area contributed by atoms with Gasteiger partial charge in [-0.1, -0.05) is 18.2 Å². The fourth-order valence-electron chi connectivity index (χ4n) is 2.70. The second kappa shape index (κ2) is 7.89. The third-order valence-electron chi connectivity index (χ3n) is 3.71. The first-order valence-corrected chi connectivity index (χ1v) is 7.54. The minimum Gasteiger partial charge on any atom is -0.352 e. The summed E-state index contributed by atoms with van der Waals surface area (Å²) >= 11 is 0. The summed E-state index contributed by atoms with van der Waals surface area (Å²) in [6.07, 6.45) is 1.89. The van der Waals surface area contributed by atoms with Gasteiger partial charge < -0.3 is 10.6 Å². The molecule has 1 heterocycles. The van der Waals surface area contributed by atoms with Crippen molar-refractivity contribution in [3.05, 3.63) is 35.6 Å². The normalized spacial score (nSPS) is 18.7. The molecule has 22 heavy (non-hydrogen) atoms. The number of hydrogen-bond donors (Lipinski definition) is 2. The van der Waals surface area contributed by atoms with E-state index < -0.39 is 0 Å². The van der Waals surface area contributed by atoms with E-state index in [4.69, 9.17) is 0 Å². The fourth-order valence-corrected chi connectivity index (χ4v) is 2.70. The number of likely N-dealkylation sites (tertiary alicyclic amines) is 1. The van der Waals surface area contributed by atoms with Crippen molar-refractivity contribution in [3.8, 4) is 0 Å². The summed E-state index contributed by atoms with van der Waals surface area (Å²) in [5, 5.41) is 5.62. The average molecular weight is 307 g/mol. The molecule has 1 aromatic rings. The van der Waals surface area contributed by atoms with E-state index in [1.807, 2.05) is 4.90 Å². The number of hydrogen-bond acceptors (Lipinski definition) is 3. The number of carbonyl (C=O) groups excluding carboxylic acids is 2. The second-order valence-electron chi connectivity index (χ2n) is 5.64. The highest BCUT2D eigenvalue weighted by molar-refractivity contribution is 5.78. The van der Waals surface area contributed by atoms with Crippen LogP contribution in [0.25, 0.3) is 0 Å². The molecule has 0 aliphatic carbocycles. The maximum atomic E-state index is 13.5. The summed E-state index contributed by atoms with van der Waals surface area (Å²) in [6.45, 7) is 3.47. The molecule has 1 fully saturated rings. The van der Waals surface area contributed by atoms with Gasteiger partial charge in [-0.25, -0.2) is 4.39 Å². The zero-order chi connectivity index (χ0) is 15.9. The molecule has 6 heteroatoms. The Labute approximate surface area is 129 Å². The van der Waals surface area contributed by atoms with E-state index in [-0.39, 0.29) is 36.8 Å². The smallest absolute Gasteiger partial charge is 0.234 e. The minimum atomic E-state index is -0.313. The van der Waals surface area contributed by atoms with Gasteiger partial charge in [-0.15, -0.1) is 0 Å². The van der Waals surface area contributed by atoms with Gasteiger partial charge in [0.2, 0.25) is 11.8 Å². The van der Waals surface area contributed by atoms with Gasteiger partial charge in [-0.05, 0) is 25.5 Å². The molecule has 0 bridgehead atoms. The lowest BCUT2D eigenvalue weighted by molar-refractivity contribution is -0.122. The molecule has 2 rings (SSSR count). The number of amides is 2. The SMILES string of the molecule is CC(=O)NC1CCCN(CC(=O)NCc2ccccc2F)C1. The molecule has 5 nitrogen and oxygen atoms in total. The Morgan fingerprint density at radius 1 is 1.36 bits per heavy atom. The van der Waals surface area contributed by atoms with Crippen LogP contribution in [0.1, 0.15) is 25.3 Å². The Balaban J connectivity index is 1.77. The van der Waals surface area contributed by atoms with Crippen molar-refractivity contribution in [3.63, 3.8) is 0 Å². The summed E-state index contributed by atoms with van der Waals surface area (Å²) in [5.74, 6) is -0.492. The van der Waals surface area contributed by atoms with Crippen LogP contribution in [-0.2, 0) is 16.1 Å². The van der Waals surface area contributed by atoms with Crippen LogP contribution < -0.4 is 10.6 Å². The van der Waals surface area contributed by atoms with E-state index >= 15 is 0 Å². The number of nitrogens with zero attached hydrogens (tertiary/aromatic N) is 1. The van der Waals surface area contributed by atoms with Crippen molar-refractivity contribution >= 4 is 11.8 Å². The van der Waals surface area contributed by atoms with Crippen LogP contribution in [0.5, 0.6) is 0 Å². The van der Waals surface area contributed by atoms with Crippen LogP contribution in [0, 0.1) is 5.82 Å². The molecule has 1 atom stereocenters. The molecular formula is C16H22FN3O2. The van der Waals surface area contributed by atoms with E-state index in [0.717, 1.165) is 19.4 Å². The first kappa shape index (κ1) is 16.4. The van der Waals surface area contributed by atoms with E-state index in [1.54, 1.807) is 18.2 Å². The number of carbonyl (C=O) groups is 2. The van der Waals surface area contributed by atoms with Crippen LogP contribution >= 0.6 is 0 Å². The lowest BCUT2D eigenvalue weighted by atomic mass is 10.1. The first-order chi connectivity index (χ1) is 10.5.